The van der Waals surface area contributed by atoms with Gasteiger partial charge in [-0.25, -0.2) is 25.3 Å². The van der Waals surface area contributed by atoms with E-state index in [1.165, 1.54) is 60.7 Å². The second kappa shape index (κ2) is 14.6. The van der Waals surface area contributed by atoms with Crippen molar-refractivity contribution in [3.8, 4) is 0 Å². The van der Waals surface area contributed by atoms with Gasteiger partial charge in [-0.1, -0.05) is 53.1 Å². The van der Waals surface area contributed by atoms with Gasteiger partial charge in [-0.15, -0.1) is 0 Å². The van der Waals surface area contributed by atoms with Crippen LogP contribution in [0.5, 0.6) is 0 Å². The smallest absolute Gasteiger partial charge is 0.318 e. The fraction of sp³-hybridized carbons (Fsp3) is 0.310. The summed E-state index contributed by atoms with van der Waals surface area (Å²) in [6, 6.07) is 17.1. The van der Waals surface area contributed by atoms with Gasteiger partial charge in [-0.3, -0.25) is 9.59 Å². The van der Waals surface area contributed by atoms with Crippen LogP contribution in [0.25, 0.3) is 0 Å². The topological polar surface area (TPSA) is 187 Å². The third-order valence-corrected chi connectivity index (χ3v) is 12.4. The van der Waals surface area contributed by atoms with Crippen molar-refractivity contribution in [2.75, 3.05) is 39.3 Å². The highest BCUT2D eigenvalue weighted by atomic mass is 32.2. The Kier molecular flexibility index (Phi) is 11.6. The molecule has 0 aliphatic heterocycles. The normalized spacial score (nSPS) is 12.6. The molecule has 0 unspecified atom stereocenters. The zero-order chi connectivity index (χ0) is 33.6. The summed E-state index contributed by atoms with van der Waals surface area (Å²) in [7, 11) is -13.2. The Hall–Kier alpha value is -3.67. The third kappa shape index (κ3) is 9.18. The summed E-state index contributed by atoms with van der Waals surface area (Å²) in [4.78, 5) is 22.7. The van der Waals surface area contributed by atoms with Gasteiger partial charge in [0.1, 0.15) is 13.1 Å². The maximum atomic E-state index is 13.8. The van der Waals surface area contributed by atoms with Crippen LogP contribution in [0.2, 0.25) is 0 Å². The van der Waals surface area contributed by atoms with Crippen molar-refractivity contribution in [1.29, 1.82) is 0 Å². The lowest BCUT2D eigenvalue weighted by Gasteiger charge is -2.28. The molecule has 0 saturated carbocycles. The lowest BCUT2D eigenvalue weighted by Crippen LogP contribution is -2.46. The molecule has 45 heavy (non-hydrogen) atoms. The number of nitrogens with zero attached hydrogens (tertiary/aromatic N) is 3. The summed E-state index contributed by atoms with van der Waals surface area (Å²) in [5.74, 6) is -2.95. The summed E-state index contributed by atoms with van der Waals surface area (Å²) in [6.45, 7) is 0.948. The lowest BCUT2D eigenvalue weighted by atomic mass is 10.2. The van der Waals surface area contributed by atoms with E-state index in [2.05, 4.69) is 0 Å². The molecule has 3 aromatic rings. The number of carboxylic acid groups (broad SMARTS) is 2. The summed E-state index contributed by atoms with van der Waals surface area (Å²) in [5, 5.41) is 19.0. The molecule has 0 atom stereocenters. The Balaban J connectivity index is 2.00. The fourth-order valence-electron chi connectivity index (χ4n) is 4.25. The number of carboxylic acids is 2. The molecular weight excluding hydrogens is 647 g/mol. The predicted octanol–water partition coefficient (Wildman–Crippen LogP) is 2.15. The van der Waals surface area contributed by atoms with Gasteiger partial charge in [0, 0.05) is 26.2 Å². The number of aliphatic carboxylic acids is 2. The van der Waals surface area contributed by atoms with Crippen molar-refractivity contribution in [3.63, 3.8) is 0 Å². The van der Waals surface area contributed by atoms with Crippen LogP contribution in [0.15, 0.2) is 87.5 Å². The largest absolute Gasteiger partial charge is 0.480 e. The molecule has 0 aliphatic carbocycles. The van der Waals surface area contributed by atoms with E-state index in [0.717, 1.165) is 21.0 Å². The van der Waals surface area contributed by atoms with E-state index in [9.17, 15) is 45.1 Å². The summed E-state index contributed by atoms with van der Waals surface area (Å²) < 4.78 is 83.2. The molecule has 3 rings (SSSR count). The van der Waals surface area contributed by atoms with Crippen LogP contribution in [0.1, 0.15) is 16.7 Å². The number of rotatable bonds is 16. The predicted molar refractivity (Wildman–Crippen MR) is 165 cm³/mol. The highest BCUT2D eigenvalue weighted by molar-refractivity contribution is 7.89. The summed E-state index contributed by atoms with van der Waals surface area (Å²) >= 11 is 0. The average Bonchev–Trinajstić information content (AvgIpc) is 2.96. The molecule has 0 aliphatic rings. The Morgan fingerprint density at radius 2 is 0.689 bits per heavy atom. The van der Waals surface area contributed by atoms with Crippen LogP contribution in [0.4, 0.5) is 0 Å². The van der Waals surface area contributed by atoms with Crippen molar-refractivity contribution in [3.05, 3.63) is 89.5 Å². The van der Waals surface area contributed by atoms with Gasteiger partial charge in [-0.2, -0.15) is 12.9 Å². The maximum absolute atomic E-state index is 13.8. The molecule has 13 nitrogen and oxygen atoms in total. The second-order valence-corrected chi connectivity index (χ2v) is 16.1. The molecule has 0 saturated heterocycles. The highest BCUT2D eigenvalue weighted by Gasteiger charge is 2.33. The first kappa shape index (κ1) is 35.8. The van der Waals surface area contributed by atoms with Crippen molar-refractivity contribution in [1.82, 2.24) is 12.9 Å². The minimum atomic E-state index is -4.40. The van der Waals surface area contributed by atoms with Crippen LogP contribution >= 0.6 is 0 Å². The van der Waals surface area contributed by atoms with E-state index >= 15 is 0 Å². The van der Waals surface area contributed by atoms with Gasteiger partial charge in [0.25, 0.3) is 0 Å². The van der Waals surface area contributed by atoms with Gasteiger partial charge in [0.2, 0.25) is 30.1 Å². The number of hydrogen-bond acceptors (Lipinski definition) is 8. The molecule has 0 radical (unpaired) electrons. The van der Waals surface area contributed by atoms with Crippen molar-refractivity contribution in [2.24, 2.45) is 0 Å². The minimum Gasteiger partial charge on any atom is -0.480 e. The van der Waals surface area contributed by atoms with Gasteiger partial charge >= 0.3 is 11.9 Å². The minimum absolute atomic E-state index is 0.176. The number of carbonyl (C=O) groups is 2. The first-order chi connectivity index (χ1) is 20.9. The van der Waals surface area contributed by atoms with Crippen LogP contribution in [0.3, 0.4) is 0 Å². The van der Waals surface area contributed by atoms with E-state index in [4.69, 9.17) is 0 Å². The highest BCUT2D eigenvalue weighted by Crippen LogP contribution is 2.21. The van der Waals surface area contributed by atoms with Gasteiger partial charge < -0.3 is 10.2 Å². The fourth-order valence-corrected chi connectivity index (χ4v) is 8.43. The first-order valence-electron chi connectivity index (χ1n) is 13.6. The third-order valence-electron chi connectivity index (χ3n) is 6.80. The van der Waals surface area contributed by atoms with Gasteiger partial charge in [0.05, 0.1) is 14.7 Å². The van der Waals surface area contributed by atoms with Crippen molar-refractivity contribution >= 4 is 42.0 Å². The second-order valence-electron chi connectivity index (χ2n) is 10.3. The molecule has 3 aromatic carbocycles. The monoisotopic (exact) mass is 681 g/mol. The first-order valence-corrected chi connectivity index (χ1v) is 17.9. The molecule has 2 N–H and O–H groups in total. The van der Waals surface area contributed by atoms with Crippen LogP contribution in [-0.4, -0.2) is 99.6 Å². The quantitative estimate of drug-likeness (QED) is 0.227. The van der Waals surface area contributed by atoms with Crippen LogP contribution < -0.4 is 0 Å². The molecule has 244 valence electrons. The standard InChI is InChI=1S/C29H35N3O10S3/c1-22-4-10-25(11-5-22)43(37,38)30(16-18-31(20-28(33)34)44(39,40)26-12-6-23(2)7-13-26)17-19-32(21-29(35)36)45(41,42)27-14-8-24(3)9-15-27/h4-15H,16-21H2,1-3H3,(H,33,34)(H,35,36). The summed E-state index contributed by atoms with van der Waals surface area (Å²) in [5.41, 5.74) is 2.29. The van der Waals surface area contributed by atoms with E-state index in [1.54, 1.807) is 32.9 Å². The zero-order valence-corrected chi connectivity index (χ0v) is 27.3. The van der Waals surface area contributed by atoms with Crippen molar-refractivity contribution in [2.45, 2.75) is 35.5 Å². The Morgan fingerprint density at radius 1 is 0.467 bits per heavy atom. The Morgan fingerprint density at radius 3 is 0.933 bits per heavy atom. The average molecular weight is 682 g/mol. The molecule has 0 spiro atoms. The Bertz CT molecular complexity index is 1730. The van der Waals surface area contributed by atoms with Crippen LogP contribution in [0, 0.1) is 20.8 Å². The molecule has 16 heteroatoms. The molecular formula is C29H35N3O10S3. The number of benzene rings is 3. The van der Waals surface area contributed by atoms with Crippen molar-refractivity contribution < 1.29 is 45.1 Å². The van der Waals surface area contributed by atoms with E-state index in [0.29, 0.717) is 8.61 Å². The van der Waals surface area contributed by atoms with E-state index < -0.39 is 81.3 Å². The summed E-state index contributed by atoms with van der Waals surface area (Å²) in [6.07, 6.45) is 0. The molecule has 0 amide bonds. The number of sulfonamides is 3. The lowest BCUT2D eigenvalue weighted by molar-refractivity contribution is -0.138. The number of hydrogen-bond donors (Lipinski definition) is 2. The molecule has 0 heterocycles. The molecule has 0 fully saturated rings. The van der Waals surface area contributed by atoms with E-state index in [-0.39, 0.29) is 14.7 Å². The van der Waals surface area contributed by atoms with Crippen LogP contribution in [-0.2, 0) is 39.7 Å². The van der Waals surface area contributed by atoms with Gasteiger partial charge in [-0.05, 0) is 57.2 Å². The van der Waals surface area contributed by atoms with E-state index in [1.807, 2.05) is 0 Å². The zero-order valence-electron chi connectivity index (χ0n) is 24.9. The Labute approximate surface area is 263 Å². The van der Waals surface area contributed by atoms with Gasteiger partial charge in [0.15, 0.2) is 0 Å². The molecule has 0 bridgehead atoms. The maximum Gasteiger partial charge on any atom is 0.318 e. The SMILES string of the molecule is Cc1ccc(S(=O)(=O)N(CCN(CC(=O)O)S(=O)(=O)c2ccc(C)cc2)CCN(CC(=O)O)S(=O)(=O)c2ccc(C)cc2)cc1. The molecule has 0 aromatic heterocycles. The number of aryl methyl sites for hydroxylation is 3.